The van der Waals surface area contributed by atoms with E-state index in [0.717, 1.165) is 12.3 Å². The Kier molecular flexibility index (Phi) is 7.40. The molecule has 0 atom stereocenters. The van der Waals surface area contributed by atoms with Crippen molar-refractivity contribution < 1.29 is 28.5 Å². The lowest BCUT2D eigenvalue weighted by atomic mass is 9.95. The Hall–Kier alpha value is -4.80. The molecule has 35 heavy (non-hydrogen) atoms. The van der Waals surface area contributed by atoms with Gasteiger partial charge in [-0.25, -0.2) is 10.2 Å². The number of non-ortho nitro benzene ring substituents is 1. The van der Waals surface area contributed by atoms with Crippen LogP contribution >= 0.6 is 0 Å². The Morgan fingerprint density at radius 3 is 2.40 bits per heavy atom. The smallest absolute Gasteiger partial charge is 0.379 e. The predicted octanol–water partition coefficient (Wildman–Crippen LogP) is 4.16. The standard InChI is InChI=1S/C24H22N4O7/c1-24(2,3)23(31)26-17-8-6-15(7-9-17)21(29)27-25-14-16-13-18(28(32)33)10-11-19(16)35-22(30)20-5-4-12-34-20/h4-14H,1-3H3,(H,26,31)(H,27,29)/b25-14+. The zero-order valence-corrected chi connectivity index (χ0v) is 19.1. The fourth-order valence-corrected chi connectivity index (χ4v) is 2.64. The van der Waals surface area contributed by atoms with Crippen molar-refractivity contribution >= 4 is 35.4 Å². The lowest BCUT2D eigenvalue weighted by Crippen LogP contribution is -2.27. The van der Waals surface area contributed by atoms with Gasteiger partial charge in [-0.15, -0.1) is 0 Å². The molecule has 2 N–H and O–H groups in total. The second kappa shape index (κ2) is 10.4. The summed E-state index contributed by atoms with van der Waals surface area (Å²) >= 11 is 0. The molecule has 3 rings (SSSR count). The second-order valence-corrected chi connectivity index (χ2v) is 8.33. The topological polar surface area (TPSA) is 153 Å². The first-order valence-corrected chi connectivity index (χ1v) is 10.3. The van der Waals surface area contributed by atoms with Gasteiger partial charge in [0.2, 0.25) is 11.7 Å². The van der Waals surface area contributed by atoms with Gasteiger partial charge in [-0.3, -0.25) is 19.7 Å². The molecule has 0 aliphatic heterocycles. The van der Waals surface area contributed by atoms with Crippen molar-refractivity contribution in [1.29, 1.82) is 0 Å². The Morgan fingerprint density at radius 1 is 1.09 bits per heavy atom. The van der Waals surface area contributed by atoms with Crippen LogP contribution in [0.25, 0.3) is 0 Å². The zero-order chi connectivity index (χ0) is 25.6. The van der Waals surface area contributed by atoms with Gasteiger partial charge in [0.1, 0.15) is 5.75 Å². The Balaban J connectivity index is 1.71. The maximum Gasteiger partial charge on any atom is 0.379 e. The summed E-state index contributed by atoms with van der Waals surface area (Å²) in [5.41, 5.74) is 2.35. The number of benzene rings is 2. The van der Waals surface area contributed by atoms with E-state index in [1.165, 1.54) is 42.7 Å². The normalized spacial score (nSPS) is 11.2. The van der Waals surface area contributed by atoms with Gasteiger partial charge in [0.05, 0.1) is 17.4 Å². The molecular weight excluding hydrogens is 456 g/mol. The Bertz CT molecular complexity index is 1270. The van der Waals surface area contributed by atoms with Crippen LogP contribution in [0.15, 0.2) is 70.4 Å². The number of carbonyl (C=O) groups excluding carboxylic acids is 3. The number of amides is 2. The number of hydrogen-bond acceptors (Lipinski definition) is 8. The summed E-state index contributed by atoms with van der Waals surface area (Å²) in [6, 6.07) is 12.6. The first-order chi connectivity index (χ1) is 16.5. The third-order valence-electron chi connectivity index (χ3n) is 4.59. The van der Waals surface area contributed by atoms with E-state index in [9.17, 15) is 24.5 Å². The number of nitro groups is 1. The Labute approximate surface area is 199 Å². The van der Waals surface area contributed by atoms with E-state index in [2.05, 4.69) is 15.8 Å². The maximum absolute atomic E-state index is 12.4. The molecule has 0 radical (unpaired) electrons. The van der Waals surface area contributed by atoms with Crippen LogP contribution in [0.1, 0.15) is 47.2 Å². The minimum absolute atomic E-state index is 0.0195. The average molecular weight is 478 g/mol. The maximum atomic E-state index is 12.4. The number of nitrogens with one attached hydrogen (secondary N) is 2. The van der Waals surface area contributed by atoms with Crippen molar-refractivity contribution in [3.8, 4) is 5.75 Å². The summed E-state index contributed by atoms with van der Waals surface area (Å²) in [4.78, 5) is 47.2. The number of hydrazone groups is 1. The summed E-state index contributed by atoms with van der Waals surface area (Å²) < 4.78 is 10.2. The average Bonchev–Trinajstić information content (AvgIpc) is 3.35. The van der Waals surface area contributed by atoms with Crippen LogP contribution in [-0.4, -0.2) is 28.9 Å². The van der Waals surface area contributed by atoms with Gasteiger partial charge in [0.15, 0.2) is 0 Å². The summed E-state index contributed by atoms with van der Waals surface area (Å²) in [6.45, 7) is 5.35. The van der Waals surface area contributed by atoms with Gasteiger partial charge < -0.3 is 14.5 Å². The second-order valence-electron chi connectivity index (χ2n) is 8.33. The number of furan rings is 1. The lowest BCUT2D eigenvalue weighted by Gasteiger charge is -2.17. The summed E-state index contributed by atoms with van der Waals surface area (Å²) in [6.07, 6.45) is 2.42. The SMILES string of the molecule is CC(C)(C)C(=O)Nc1ccc(C(=O)N/N=C/c2cc([N+](=O)[O-])ccc2OC(=O)c2ccco2)cc1. The van der Waals surface area contributed by atoms with E-state index in [-0.39, 0.29) is 34.2 Å². The van der Waals surface area contributed by atoms with Crippen LogP contribution in [0.3, 0.4) is 0 Å². The molecule has 0 spiro atoms. The number of hydrogen-bond donors (Lipinski definition) is 2. The molecule has 0 saturated heterocycles. The minimum atomic E-state index is -0.804. The van der Waals surface area contributed by atoms with Crippen LogP contribution < -0.4 is 15.5 Å². The fourth-order valence-electron chi connectivity index (χ4n) is 2.64. The molecule has 180 valence electrons. The number of ether oxygens (including phenoxy) is 1. The van der Waals surface area contributed by atoms with Crippen LogP contribution in [0.2, 0.25) is 0 Å². The molecule has 0 aliphatic rings. The van der Waals surface area contributed by atoms with E-state index in [0.29, 0.717) is 5.69 Å². The summed E-state index contributed by atoms with van der Waals surface area (Å²) in [5, 5.41) is 17.7. The van der Waals surface area contributed by atoms with Gasteiger partial charge in [-0.05, 0) is 42.5 Å². The van der Waals surface area contributed by atoms with Crippen molar-refractivity contribution in [3.63, 3.8) is 0 Å². The van der Waals surface area contributed by atoms with Crippen molar-refractivity contribution in [1.82, 2.24) is 5.43 Å². The number of rotatable bonds is 7. The molecule has 2 amide bonds. The summed E-state index contributed by atoms with van der Waals surface area (Å²) in [7, 11) is 0. The molecule has 0 bridgehead atoms. The monoisotopic (exact) mass is 478 g/mol. The van der Waals surface area contributed by atoms with Crippen LogP contribution in [0.5, 0.6) is 5.75 Å². The van der Waals surface area contributed by atoms with Gasteiger partial charge in [-0.2, -0.15) is 5.10 Å². The highest BCUT2D eigenvalue weighted by atomic mass is 16.6. The molecule has 0 aliphatic carbocycles. The number of nitro benzene ring substituents is 1. The van der Waals surface area contributed by atoms with Gasteiger partial charge in [-0.1, -0.05) is 20.8 Å². The molecule has 1 aromatic heterocycles. The van der Waals surface area contributed by atoms with Crippen LogP contribution in [0, 0.1) is 15.5 Å². The van der Waals surface area contributed by atoms with Crippen molar-refractivity contribution in [2.45, 2.75) is 20.8 Å². The quantitative estimate of drug-likeness (QED) is 0.170. The molecule has 2 aromatic carbocycles. The number of carbonyl (C=O) groups is 3. The molecule has 11 nitrogen and oxygen atoms in total. The van der Waals surface area contributed by atoms with E-state index in [1.807, 2.05) is 0 Å². The minimum Gasteiger partial charge on any atom is -0.457 e. The van der Waals surface area contributed by atoms with Gasteiger partial charge in [0.25, 0.3) is 11.6 Å². The highest BCUT2D eigenvalue weighted by Gasteiger charge is 2.21. The number of esters is 1. The van der Waals surface area contributed by atoms with E-state index in [4.69, 9.17) is 9.15 Å². The van der Waals surface area contributed by atoms with E-state index in [1.54, 1.807) is 32.9 Å². The molecule has 0 unspecified atom stereocenters. The van der Waals surface area contributed by atoms with Gasteiger partial charge >= 0.3 is 5.97 Å². The first-order valence-electron chi connectivity index (χ1n) is 10.3. The lowest BCUT2D eigenvalue weighted by molar-refractivity contribution is -0.384. The molecular formula is C24H22N4O7. The van der Waals surface area contributed by atoms with E-state index >= 15 is 0 Å². The van der Waals surface area contributed by atoms with Gasteiger partial charge in [0, 0.05) is 34.4 Å². The molecule has 0 fully saturated rings. The highest BCUT2D eigenvalue weighted by Crippen LogP contribution is 2.24. The largest absolute Gasteiger partial charge is 0.457 e. The van der Waals surface area contributed by atoms with Crippen molar-refractivity contribution in [2.24, 2.45) is 10.5 Å². The number of nitrogens with zero attached hydrogens (tertiary/aromatic N) is 2. The number of anilines is 1. The first kappa shape index (κ1) is 24.8. The fraction of sp³-hybridized carbons (Fsp3) is 0.167. The van der Waals surface area contributed by atoms with E-state index < -0.39 is 22.2 Å². The molecule has 3 aromatic rings. The molecule has 1 heterocycles. The van der Waals surface area contributed by atoms with Crippen molar-refractivity contribution in [3.05, 3.63) is 87.9 Å². The van der Waals surface area contributed by atoms with Crippen molar-refractivity contribution in [2.75, 3.05) is 5.32 Å². The third kappa shape index (κ3) is 6.60. The third-order valence-corrected chi connectivity index (χ3v) is 4.59. The summed E-state index contributed by atoms with van der Waals surface area (Å²) in [5.74, 6) is -1.61. The molecule has 11 heteroatoms. The Morgan fingerprint density at radius 2 is 1.80 bits per heavy atom. The van der Waals surface area contributed by atoms with Crippen LogP contribution in [0.4, 0.5) is 11.4 Å². The zero-order valence-electron chi connectivity index (χ0n) is 19.1. The predicted molar refractivity (Wildman–Crippen MR) is 126 cm³/mol. The highest BCUT2D eigenvalue weighted by molar-refractivity contribution is 5.97. The van der Waals surface area contributed by atoms with Crippen LogP contribution in [-0.2, 0) is 4.79 Å². The molecule has 0 saturated carbocycles.